The lowest BCUT2D eigenvalue weighted by atomic mass is 10.1. The molecule has 0 saturated heterocycles. The summed E-state index contributed by atoms with van der Waals surface area (Å²) in [6.07, 6.45) is 3.45. The number of pyridine rings is 1. The summed E-state index contributed by atoms with van der Waals surface area (Å²) in [6, 6.07) is 6.79. The Morgan fingerprint density at radius 3 is 3.00 bits per heavy atom. The van der Waals surface area contributed by atoms with Crippen LogP contribution in [0.5, 0.6) is 0 Å². The third-order valence-corrected chi connectivity index (χ3v) is 4.36. The van der Waals surface area contributed by atoms with Crippen LogP contribution in [0.25, 0.3) is 22.2 Å². The number of carbonyl (C=O) groups is 1. The SMILES string of the molecule is CCC(=O)NN=C(C)c1cnc2nnn(Cc3cc4cccnc4cc3F)c2n1. The highest BCUT2D eigenvalue weighted by molar-refractivity contribution is 5.98. The Labute approximate surface area is 164 Å². The van der Waals surface area contributed by atoms with Gasteiger partial charge in [0.05, 0.1) is 24.0 Å². The fourth-order valence-corrected chi connectivity index (χ4v) is 2.74. The van der Waals surface area contributed by atoms with Crippen molar-refractivity contribution in [2.75, 3.05) is 0 Å². The lowest BCUT2D eigenvalue weighted by Gasteiger charge is -2.06. The van der Waals surface area contributed by atoms with Crippen molar-refractivity contribution in [3.63, 3.8) is 0 Å². The van der Waals surface area contributed by atoms with Crippen molar-refractivity contribution in [1.82, 2.24) is 35.4 Å². The molecule has 0 atom stereocenters. The number of nitrogens with one attached hydrogen (secondary N) is 1. The molecule has 3 aromatic heterocycles. The van der Waals surface area contributed by atoms with Gasteiger partial charge in [0.15, 0.2) is 5.65 Å². The largest absolute Gasteiger partial charge is 0.273 e. The Kier molecular flexibility index (Phi) is 4.90. The van der Waals surface area contributed by atoms with Gasteiger partial charge in [-0.05, 0) is 19.1 Å². The highest BCUT2D eigenvalue weighted by atomic mass is 19.1. The molecule has 1 amide bonds. The normalized spacial score (nSPS) is 11.9. The van der Waals surface area contributed by atoms with Gasteiger partial charge in [-0.3, -0.25) is 9.78 Å². The van der Waals surface area contributed by atoms with Gasteiger partial charge in [0, 0.05) is 29.6 Å². The molecule has 0 aliphatic heterocycles. The van der Waals surface area contributed by atoms with Gasteiger partial charge in [0.1, 0.15) is 11.5 Å². The molecule has 0 aliphatic rings. The molecule has 0 unspecified atom stereocenters. The van der Waals surface area contributed by atoms with E-state index in [1.165, 1.54) is 16.9 Å². The second-order valence-corrected chi connectivity index (χ2v) is 6.38. The van der Waals surface area contributed by atoms with Crippen LogP contribution in [0.2, 0.25) is 0 Å². The number of rotatable bonds is 5. The predicted molar refractivity (Wildman–Crippen MR) is 105 cm³/mol. The molecule has 146 valence electrons. The number of nitrogens with zero attached hydrogens (tertiary/aromatic N) is 7. The van der Waals surface area contributed by atoms with Gasteiger partial charge >= 0.3 is 0 Å². The van der Waals surface area contributed by atoms with Crippen molar-refractivity contribution in [3.8, 4) is 0 Å². The lowest BCUT2D eigenvalue weighted by Crippen LogP contribution is -2.18. The van der Waals surface area contributed by atoms with Gasteiger partial charge in [0.2, 0.25) is 11.6 Å². The van der Waals surface area contributed by atoms with Crippen LogP contribution in [0.15, 0.2) is 41.8 Å². The number of fused-ring (bicyclic) bond motifs is 2. The zero-order chi connectivity index (χ0) is 20.4. The van der Waals surface area contributed by atoms with E-state index in [0.717, 1.165) is 5.39 Å². The molecule has 4 rings (SSSR count). The quantitative estimate of drug-likeness (QED) is 0.412. The summed E-state index contributed by atoms with van der Waals surface area (Å²) >= 11 is 0. The van der Waals surface area contributed by atoms with Crippen LogP contribution in [-0.2, 0) is 11.3 Å². The van der Waals surface area contributed by atoms with E-state index in [2.05, 4.69) is 35.8 Å². The van der Waals surface area contributed by atoms with Crippen LogP contribution in [-0.4, -0.2) is 41.6 Å². The van der Waals surface area contributed by atoms with Crippen molar-refractivity contribution < 1.29 is 9.18 Å². The van der Waals surface area contributed by atoms with E-state index in [1.807, 2.05) is 6.07 Å². The molecule has 10 heteroatoms. The zero-order valence-corrected chi connectivity index (χ0v) is 15.8. The van der Waals surface area contributed by atoms with Crippen molar-refractivity contribution in [2.45, 2.75) is 26.8 Å². The Morgan fingerprint density at radius 2 is 2.17 bits per heavy atom. The molecule has 0 saturated carbocycles. The smallest absolute Gasteiger partial charge is 0.239 e. The lowest BCUT2D eigenvalue weighted by molar-refractivity contribution is -0.120. The number of hydrazone groups is 1. The standard InChI is InChI=1S/C19H17FN8O/c1-3-17(29)25-24-11(2)16-9-22-18-19(23-16)28(27-26-18)10-13-7-12-5-4-6-21-15(12)8-14(13)20/h4-9H,3,10H2,1-2H3,(H,25,29). The first-order valence-electron chi connectivity index (χ1n) is 8.98. The first kappa shape index (κ1) is 18.5. The van der Waals surface area contributed by atoms with Crippen molar-refractivity contribution in [1.29, 1.82) is 0 Å². The number of hydrogen-bond donors (Lipinski definition) is 1. The second-order valence-electron chi connectivity index (χ2n) is 6.38. The van der Waals surface area contributed by atoms with E-state index in [1.54, 1.807) is 32.2 Å². The molecule has 1 N–H and O–H groups in total. The number of halogens is 1. The van der Waals surface area contributed by atoms with Gasteiger partial charge in [-0.15, -0.1) is 5.10 Å². The summed E-state index contributed by atoms with van der Waals surface area (Å²) in [4.78, 5) is 24.3. The van der Waals surface area contributed by atoms with Gasteiger partial charge in [-0.1, -0.05) is 18.2 Å². The number of carbonyl (C=O) groups excluding carboxylic acids is 1. The Balaban J connectivity index is 1.68. The van der Waals surface area contributed by atoms with Crippen LogP contribution >= 0.6 is 0 Å². The molecular formula is C19H17FN8O. The second kappa shape index (κ2) is 7.66. The van der Waals surface area contributed by atoms with Crippen molar-refractivity contribution >= 4 is 33.8 Å². The maximum absolute atomic E-state index is 14.5. The van der Waals surface area contributed by atoms with Gasteiger partial charge in [0.25, 0.3) is 0 Å². The summed E-state index contributed by atoms with van der Waals surface area (Å²) in [7, 11) is 0. The van der Waals surface area contributed by atoms with Crippen LogP contribution in [0.1, 0.15) is 31.5 Å². The number of aromatic nitrogens is 6. The number of hydrogen-bond acceptors (Lipinski definition) is 7. The first-order valence-corrected chi connectivity index (χ1v) is 8.98. The first-order chi connectivity index (χ1) is 14.0. The summed E-state index contributed by atoms with van der Waals surface area (Å²) < 4.78 is 16.0. The summed E-state index contributed by atoms with van der Waals surface area (Å²) in [5.41, 5.74) is 5.13. The summed E-state index contributed by atoms with van der Waals surface area (Å²) in [6.45, 7) is 3.57. The van der Waals surface area contributed by atoms with Crippen molar-refractivity contribution in [3.05, 3.63) is 53.7 Å². The van der Waals surface area contributed by atoms with Crippen LogP contribution < -0.4 is 5.43 Å². The van der Waals surface area contributed by atoms with Gasteiger partial charge < -0.3 is 0 Å². The van der Waals surface area contributed by atoms with E-state index in [-0.39, 0.29) is 18.3 Å². The molecule has 0 bridgehead atoms. The highest BCUT2D eigenvalue weighted by Crippen LogP contribution is 2.19. The summed E-state index contributed by atoms with van der Waals surface area (Å²) in [5, 5.41) is 12.9. The molecule has 0 spiro atoms. The Morgan fingerprint density at radius 1 is 1.31 bits per heavy atom. The van der Waals surface area contributed by atoms with Crippen LogP contribution in [0, 0.1) is 5.82 Å². The predicted octanol–water partition coefficient (Wildman–Crippen LogP) is 2.21. The fraction of sp³-hybridized carbons (Fsp3) is 0.211. The monoisotopic (exact) mass is 392 g/mol. The Bertz CT molecular complexity index is 1250. The van der Waals surface area contributed by atoms with E-state index in [4.69, 9.17) is 0 Å². The number of amides is 1. The third kappa shape index (κ3) is 3.77. The topological polar surface area (TPSA) is 111 Å². The average Bonchev–Trinajstić information content (AvgIpc) is 3.14. The minimum atomic E-state index is -0.385. The average molecular weight is 392 g/mol. The molecule has 9 nitrogen and oxygen atoms in total. The molecule has 0 aliphatic carbocycles. The van der Waals surface area contributed by atoms with E-state index >= 15 is 0 Å². The van der Waals surface area contributed by atoms with Crippen molar-refractivity contribution in [2.24, 2.45) is 5.10 Å². The minimum absolute atomic E-state index is 0.133. The fourth-order valence-electron chi connectivity index (χ4n) is 2.74. The number of benzene rings is 1. The van der Waals surface area contributed by atoms with Crippen LogP contribution in [0.3, 0.4) is 0 Å². The molecule has 4 aromatic rings. The van der Waals surface area contributed by atoms with E-state index in [0.29, 0.717) is 40.2 Å². The minimum Gasteiger partial charge on any atom is -0.273 e. The van der Waals surface area contributed by atoms with E-state index < -0.39 is 0 Å². The molecule has 0 radical (unpaired) electrons. The zero-order valence-electron chi connectivity index (χ0n) is 15.8. The molecule has 29 heavy (non-hydrogen) atoms. The Hall–Kier alpha value is -3.82. The summed E-state index contributed by atoms with van der Waals surface area (Å²) in [5.74, 6) is -0.588. The third-order valence-electron chi connectivity index (χ3n) is 4.36. The molecule has 0 fully saturated rings. The molecule has 3 heterocycles. The van der Waals surface area contributed by atoms with Gasteiger partial charge in [-0.25, -0.2) is 24.5 Å². The van der Waals surface area contributed by atoms with Crippen LogP contribution in [0.4, 0.5) is 4.39 Å². The van der Waals surface area contributed by atoms with E-state index in [9.17, 15) is 9.18 Å². The molecular weight excluding hydrogens is 375 g/mol. The maximum atomic E-state index is 14.5. The van der Waals surface area contributed by atoms with Gasteiger partial charge in [-0.2, -0.15) is 5.10 Å². The molecule has 1 aromatic carbocycles. The highest BCUT2D eigenvalue weighted by Gasteiger charge is 2.13. The maximum Gasteiger partial charge on any atom is 0.239 e.